The van der Waals surface area contributed by atoms with E-state index in [1.54, 1.807) is 11.8 Å². The van der Waals surface area contributed by atoms with Gasteiger partial charge in [-0.1, -0.05) is 29.8 Å². The summed E-state index contributed by atoms with van der Waals surface area (Å²) < 4.78 is 11.5. The number of ether oxygens (including phenoxy) is 2. The lowest BCUT2D eigenvalue weighted by Crippen LogP contribution is -2.51. The minimum atomic E-state index is -0.0842. The molecule has 0 aliphatic carbocycles. The van der Waals surface area contributed by atoms with Crippen molar-refractivity contribution in [3.05, 3.63) is 34.9 Å². The molecule has 1 spiro atoms. The van der Waals surface area contributed by atoms with Crippen LogP contribution in [0.25, 0.3) is 0 Å². The first-order valence-corrected chi connectivity index (χ1v) is 10.0. The number of halogens is 1. The molecule has 4 nitrogen and oxygen atoms in total. The highest BCUT2D eigenvalue weighted by Gasteiger charge is 2.39. The molecule has 132 valence electrons. The summed E-state index contributed by atoms with van der Waals surface area (Å²) in [5.74, 6) is 1.31. The number of benzene rings is 1. The Morgan fingerprint density at radius 1 is 1.29 bits per heavy atom. The summed E-state index contributed by atoms with van der Waals surface area (Å²) in [4.78, 5) is 12.2. The van der Waals surface area contributed by atoms with Crippen molar-refractivity contribution in [2.75, 3.05) is 25.6 Å². The van der Waals surface area contributed by atoms with Crippen molar-refractivity contribution in [2.45, 2.75) is 43.1 Å². The monoisotopic (exact) mass is 369 g/mol. The highest BCUT2D eigenvalue weighted by Crippen LogP contribution is 2.34. The van der Waals surface area contributed by atoms with Crippen molar-refractivity contribution in [1.29, 1.82) is 0 Å². The Bertz CT molecular complexity index is 557. The van der Waals surface area contributed by atoms with Crippen molar-refractivity contribution in [3.8, 4) is 0 Å². The number of nitrogens with one attached hydrogen (secondary N) is 1. The quantitative estimate of drug-likeness (QED) is 0.863. The van der Waals surface area contributed by atoms with Crippen LogP contribution in [0.1, 0.15) is 31.2 Å². The molecule has 1 amide bonds. The van der Waals surface area contributed by atoms with Crippen LogP contribution in [0.15, 0.2) is 24.3 Å². The lowest BCUT2D eigenvalue weighted by atomic mass is 9.84. The molecule has 1 aromatic carbocycles. The van der Waals surface area contributed by atoms with Crippen LogP contribution in [0.5, 0.6) is 0 Å². The third kappa shape index (κ3) is 4.88. The molecule has 2 heterocycles. The van der Waals surface area contributed by atoms with Crippen molar-refractivity contribution in [1.82, 2.24) is 5.32 Å². The molecule has 0 bridgehead atoms. The van der Waals surface area contributed by atoms with E-state index in [0.717, 1.165) is 61.8 Å². The summed E-state index contributed by atoms with van der Waals surface area (Å²) in [7, 11) is 0. The third-order valence-electron chi connectivity index (χ3n) is 4.71. The topological polar surface area (TPSA) is 47.6 Å². The van der Waals surface area contributed by atoms with E-state index in [1.807, 2.05) is 24.3 Å². The number of carbonyl (C=O) groups excluding carboxylic acids is 1. The van der Waals surface area contributed by atoms with Gasteiger partial charge in [0.15, 0.2) is 0 Å². The summed E-state index contributed by atoms with van der Waals surface area (Å²) in [6.07, 6.45) is 3.65. The maximum atomic E-state index is 12.2. The van der Waals surface area contributed by atoms with Gasteiger partial charge >= 0.3 is 0 Å². The second-order valence-corrected chi connectivity index (χ2v) is 7.88. The van der Waals surface area contributed by atoms with E-state index in [0.29, 0.717) is 5.75 Å². The normalized spacial score (nSPS) is 23.1. The predicted octanol–water partition coefficient (Wildman–Crippen LogP) is 3.42. The molecule has 2 aliphatic heterocycles. The smallest absolute Gasteiger partial charge is 0.230 e. The molecule has 6 heteroatoms. The van der Waals surface area contributed by atoms with Crippen LogP contribution >= 0.6 is 23.4 Å². The van der Waals surface area contributed by atoms with Gasteiger partial charge < -0.3 is 14.8 Å². The Morgan fingerprint density at radius 2 is 2.08 bits per heavy atom. The van der Waals surface area contributed by atoms with Crippen molar-refractivity contribution < 1.29 is 14.3 Å². The number of thioether (sulfide) groups is 1. The molecule has 1 aromatic rings. The lowest BCUT2D eigenvalue weighted by Gasteiger charge is -2.43. The molecule has 0 saturated carbocycles. The fourth-order valence-corrected chi connectivity index (χ4v) is 4.51. The standard InChI is InChI=1S/C18H24ClNO3S/c19-16-4-2-1-3-14(16)12-24-13-17(21)20-15-5-8-23-18(11-15)6-9-22-10-7-18/h1-4,15H,5-13H2,(H,20,21)/t15-/m0/s1. The van der Waals surface area contributed by atoms with Gasteiger partial charge in [0.2, 0.25) is 5.91 Å². The molecule has 0 radical (unpaired) electrons. The van der Waals surface area contributed by atoms with Crippen LogP contribution in [0.3, 0.4) is 0 Å². The van der Waals surface area contributed by atoms with E-state index in [2.05, 4.69) is 5.32 Å². The molecule has 2 fully saturated rings. The third-order valence-corrected chi connectivity index (χ3v) is 6.06. The van der Waals surface area contributed by atoms with Gasteiger partial charge in [-0.3, -0.25) is 4.79 Å². The molecule has 3 rings (SSSR count). The summed E-state index contributed by atoms with van der Waals surface area (Å²) in [5.41, 5.74) is 0.989. The van der Waals surface area contributed by atoms with E-state index in [4.69, 9.17) is 21.1 Å². The number of carbonyl (C=O) groups is 1. The Hall–Kier alpha value is -0.750. The van der Waals surface area contributed by atoms with Crippen molar-refractivity contribution in [3.63, 3.8) is 0 Å². The van der Waals surface area contributed by atoms with Gasteiger partial charge in [0.05, 0.1) is 11.4 Å². The fraction of sp³-hybridized carbons (Fsp3) is 0.611. The SMILES string of the molecule is O=C(CSCc1ccccc1Cl)N[C@H]1CCOC2(CCOCC2)C1. The van der Waals surface area contributed by atoms with E-state index >= 15 is 0 Å². The minimum absolute atomic E-state index is 0.0842. The molecule has 0 unspecified atom stereocenters. The van der Waals surface area contributed by atoms with Crippen molar-refractivity contribution >= 4 is 29.3 Å². The van der Waals surface area contributed by atoms with E-state index in [9.17, 15) is 4.79 Å². The second-order valence-electron chi connectivity index (χ2n) is 6.49. The van der Waals surface area contributed by atoms with Gasteiger partial charge in [-0.25, -0.2) is 0 Å². The molecule has 0 aromatic heterocycles. The van der Waals surface area contributed by atoms with E-state index in [-0.39, 0.29) is 17.6 Å². The molecule has 1 N–H and O–H groups in total. The Balaban J connectivity index is 1.42. The molecular formula is C18H24ClNO3S. The van der Waals surface area contributed by atoms with Crippen LogP contribution in [0, 0.1) is 0 Å². The Kier molecular flexibility index (Phi) is 6.44. The highest BCUT2D eigenvalue weighted by molar-refractivity contribution is 7.99. The Labute approximate surface area is 152 Å². The van der Waals surface area contributed by atoms with Gasteiger partial charge in [-0.2, -0.15) is 0 Å². The van der Waals surface area contributed by atoms with Gasteiger partial charge in [0, 0.05) is 36.6 Å². The van der Waals surface area contributed by atoms with E-state index < -0.39 is 0 Å². The fourth-order valence-electron chi connectivity index (χ4n) is 3.38. The van der Waals surface area contributed by atoms with E-state index in [1.165, 1.54) is 0 Å². The molecule has 24 heavy (non-hydrogen) atoms. The number of hydrogen-bond acceptors (Lipinski definition) is 4. The minimum Gasteiger partial charge on any atom is -0.381 e. The lowest BCUT2D eigenvalue weighted by molar-refractivity contribution is -0.143. The molecule has 2 aliphatic rings. The van der Waals surface area contributed by atoms with Gasteiger partial charge in [0.1, 0.15) is 0 Å². The van der Waals surface area contributed by atoms with Gasteiger partial charge in [0.25, 0.3) is 0 Å². The highest BCUT2D eigenvalue weighted by atomic mass is 35.5. The molecule has 2 saturated heterocycles. The zero-order chi connectivity index (χ0) is 16.8. The predicted molar refractivity (Wildman–Crippen MR) is 97.5 cm³/mol. The maximum absolute atomic E-state index is 12.2. The number of hydrogen-bond donors (Lipinski definition) is 1. The van der Waals surface area contributed by atoms with Gasteiger partial charge in [-0.15, -0.1) is 11.8 Å². The summed E-state index contributed by atoms with van der Waals surface area (Å²) in [5, 5.41) is 3.94. The molecule has 1 atom stereocenters. The first-order chi connectivity index (χ1) is 11.7. The zero-order valence-corrected chi connectivity index (χ0v) is 15.3. The summed E-state index contributed by atoms with van der Waals surface area (Å²) >= 11 is 7.74. The Morgan fingerprint density at radius 3 is 2.88 bits per heavy atom. The summed E-state index contributed by atoms with van der Waals surface area (Å²) in [6.45, 7) is 2.24. The maximum Gasteiger partial charge on any atom is 0.230 e. The van der Waals surface area contributed by atoms with Crippen LogP contribution in [-0.4, -0.2) is 43.1 Å². The average Bonchev–Trinajstić information content (AvgIpc) is 2.57. The number of rotatable bonds is 5. The van der Waals surface area contributed by atoms with Crippen LogP contribution < -0.4 is 5.32 Å². The number of amides is 1. The first-order valence-electron chi connectivity index (χ1n) is 8.49. The summed E-state index contributed by atoms with van der Waals surface area (Å²) in [6, 6.07) is 7.98. The zero-order valence-electron chi connectivity index (χ0n) is 13.8. The van der Waals surface area contributed by atoms with Crippen LogP contribution in [-0.2, 0) is 20.0 Å². The largest absolute Gasteiger partial charge is 0.381 e. The van der Waals surface area contributed by atoms with Gasteiger partial charge in [-0.05, 0) is 37.3 Å². The second kappa shape index (κ2) is 8.56. The first kappa shape index (κ1) is 18.1. The average molecular weight is 370 g/mol. The molecular weight excluding hydrogens is 346 g/mol. The van der Waals surface area contributed by atoms with Crippen molar-refractivity contribution in [2.24, 2.45) is 0 Å². The van der Waals surface area contributed by atoms with Crippen LogP contribution in [0.4, 0.5) is 0 Å². The van der Waals surface area contributed by atoms with Crippen LogP contribution in [0.2, 0.25) is 5.02 Å².